The Morgan fingerprint density at radius 3 is 2.79 bits per heavy atom. The molecule has 1 heterocycles. The normalized spacial score (nSPS) is 22.5. The van der Waals surface area contributed by atoms with E-state index < -0.39 is 11.5 Å². The van der Waals surface area contributed by atoms with E-state index in [2.05, 4.69) is 0 Å². The summed E-state index contributed by atoms with van der Waals surface area (Å²) in [6, 6.07) is 7.76. The molecule has 1 aliphatic rings. The fourth-order valence-electron chi connectivity index (χ4n) is 2.68. The monoisotopic (exact) mass is 261 g/mol. The van der Waals surface area contributed by atoms with Crippen LogP contribution in [-0.4, -0.2) is 34.0 Å². The zero-order chi connectivity index (χ0) is 14.0. The van der Waals surface area contributed by atoms with Crippen LogP contribution in [0.2, 0.25) is 0 Å². The van der Waals surface area contributed by atoms with Crippen molar-refractivity contribution in [3.63, 3.8) is 0 Å². The third-order valence-corrected chi connectivity index (χ3v) is 3.84. The number of aryl methyl sites for hydroxylation is 1. The molecule has 1 aliphatic heterocycles. The molecule has 1 fully saturated rings. The molecule has 4 nitrogen and oxygen atoms in total. The number of aliphatic carboxylic acids is 1. The molecule has 1 unspecified atom stereocenters. The van der Waals surface area contributed by atoms with Gasteiger partial charge in [-0.15, -0.1) is 0 Å². The summed E-state index contributed by atoms with van der Waals surface area (Å²) in [5.74, 6) is -1.02. The Morgan fingerprint density at radius 2 is 2.16 bits per heavy atom. The number of carbonyl (C=O) groups excluding carboxylic acids is 1. The highest BCUT2D eigenvalue weighted by atomic mass is 16.4. The van der Waals surface area contributed by atoms with Gasteiger partial charge >= 0.3 is 5.97 Å². The first kappa shape index (κ1) is 13.6. The summed E-state index contributed by atoms with van der Waals surface area (Å²) in [5.41, 5.74) is 0.998. The third-order valence-electron chi connectivity index (χ3n) is 3.84. The second kappa shape index (κ2) is 5.03. The summed E-state index contributed by atoms with van der Waals surface area (Å²) in [7, 11) is 0. The fraction of sp³-hybridized carbons (Fsp3) is 0.467. The molecule has 0 radical (unpaired) electrons. The number of carboxylic acid groups (broad SMARTS) is 1. The lowest BCUT2D eigenvalue weighted by Crippen LogP contribution is -2.51. The van der Waals surface area contributed by atoms with Crippen LogP contribution >= 0.6 is 0 Å². The van der Waals surface area contributed by atoms with Crippen molar-refractivity contribution in [3.8, 4) is 0 Å². The van der Waals surface area contributed by atoms with Crippen LogP contribution < -0.4 is 0 Å². The molecule has 19 heavy (non-hydrogen) atoms. The molecule has 1 N–H and O–H groups in total. The van der Waals surface area contributed by atoms with E-state index in [4.69, 9.17) is 0 Å². The van der Waals surface area contributed by atoms with Gasteiger partial charge in [0.1, 0.15) is 5.54 Å². The first-order valence-corrected chi connectivity index (χ1v) is 6.53. The molecule has 102 valence electrons. The van der Waals surface area contributed by atoms with Crippen molar-refractivity contribution in [1.29, 1.82) is 0 Å². The molecule has 0 spiro atoms. The van der Waals surface area contributed by atoms with Crippen molar-refractivity contribution in [2.45, 2.75) is 38.6 Å². The summed E-state index contributed by atoms with van der Waals surface area (Å²) >= 11 is 0. The van der Waals surface area contributed by atoms with Crippen LogP contribution in [0.4, 0.5) is 0 Å². The highest BCUT2D eigenvalue weighted by Gasteiger charge is 2.45. The number of likely N-dealkylation sites (tertiary alicyclic amines) is 1. The van der Waals surface area contributed by atoms with Crippen LogP contribution in [0.3, 0.4) is 0 Å². The third kappa shape index (κ3) is 2.62. The average Bonchev–Trinajstić information content (AvgIpc) is 2.73. The van der Waals surface area contributed by atoms with Crippen molar-refractivity contribution in [3.05, 3.63) is 35.4 Å². The summed E-state index contributed by atoms with van der Waals surface area (Å²) in [6.07, 6.45) is 1.55. The maximum Gasteiger partial charge on any atom is 0.329 e. The Balaban J connectivity index is 2.14. The molecule has 0 bridgehead atoms. The zero-order valence-electron chi connectivity index (χ0n) is 11.3. The molecule has 0 aliphatic carbocycles. The summed E-state index contributed by atoms with van der Waals surface area (Å²) in [5, 5.41) is 9.31. The SMILES string of the molecule is Cc1cccc(CC(=O)N2CCCC2(C)C(=O)O)c1. The van der Waals surface area contributed by atoms with Crippen molar-refractivity contribution >= 4 is 11.9 Å². The van der Waals surface area contributed by atoms with Crippen LogP contribution in [0.5, 0.6) is 0 Å². The molecule has 2 rings (SSSR count). The van der Waals surface area contributed by atoms with E-state index in [9.17, 15) is 14.7 Å². The molecule has 0 saturated carbocycles. The van der Waals surface area contributed by atoms with Gasteiger partial charge in [0.2, 0.25) is 5.91 Å². The van der Waals surface area contributed by atoms with Crippen LogP contribution in [-0.2, 0) is 16.0 Å². The molecule has 1 atom stereocenters. The number of benzene rings is 1. The lowest BCUT2D eigenvalue weighted by Gasteiger charge is -2.31. The van der Waals surface area contributed by atoms with Crippen LogP contribution in [0.25, 0.3) is 0 Å². The first-order chi connectivity index (χ1) is 8.93. The van der Waals surface area contributed by atoms with Gasteiger partial charge in [-0.1, -0.05) is 29.8 Å². The van der Waals surface area contributed by atoms with Gasteiger partial charge in [-0.2, -0.15) is 0 Å². The molecule has 4 heteroatoms. The molecule has 0 aromatic heterocycles. The largest absolute Gasteiger partial charge is 0.480 e. The fourth-order valence-corrected chi connectivity index (χ4v) is 2.68. The lowest BCUT2D eigenvalue weighted by atomic mass is 9.98. The van der Waals surface area contributed by atoms with E-state index >= 15 is 0 Å². The Hall–Kier alpha value is -1.84. The number of amides is 1. The number of hydrogen-bond acceptors (Lipinski definition) is 2. The summed E-state index contributed by atoms with van der Waals surface area (Å²) in [4.78, 5) is 25.2. The van der Waals surface area contributed by atoms with E-state index in [-0.39, 0.29) is 12.3 Å². The number of nitrogens with zero attached hydrogens (tertiary/aromatic N) is 1. The van der Waals surface area contributed by atoms with E-state index in [1.165, 1.54) is 4.90 Å². The van der Waals surface area contributed by atoms with E-state index in [0.29, 0.717) is 13.0 Å². The second-order valence-corrected chi connectivity index (χ2v) is 5.39. The van der Waals surface area contributed by atoms with Crippen molar-refractivity contribution in [1.82, 2.24) is 4.90 Å². The molecule has 1 aromatic rings. The van der Waals surface area contributed by atoms with Gasteiger partial charge in [-0.25, -0.2) is 4.79 Å². The van der Waals surface area contributed by atoms with Crippen molar-refractivity contribution in [2.75, 3.05) is 6.54 Å². The maximum atomic E-state index is 12.3. The predicted molar refractivity (Wildman–Crippen MR) is 71.9 cm³/mol. The minimum absolute atomic E-state index is 0.104. The first-order valence-electron chi connectivity index (χ1n) is 6.53. The summed E-state index contributed by atoms with van der Waals surface area (Å²) in [6.45, 7) is 4.15. The van der Waals surface area contributed by atoms with E-state index in [1.807, 2.05) is 31.2 Å². The molecule has 1 saturated heterocycles. The quantitative estimate of drug-likeness (QED) is 0.905. The number of hydrogen-bond donors (Lipinski definition) is 1. The Labute approximate surface area is 113 Å². The molecule has 1 amide bonds. The van der Waals surface area contributed by atoms with Gasteiger partial charge in [0.05, 0.1) is 6.42 Å². The van der Waals surface area contributed by atoms with Gasteiger partial charge in [0.25, 0.3) is 0 Å². The van der Waals surface area contributed by atoms with E-state index in [0.717, 1.165) is 17.5 Å². The van der Waals surface area contributed by atoms with E-state index in [1.54, 1.807) is 6.92 Å². The molecular weight excluding hydrogens is 242 g/mol. The van der Waals surface area contributed by atoms with Gasteiger partial charge in [0, 0.05) is 6.54 Å². The zero-order valence-corrected chi connectivity index (χ0v) is 11.3. The highest BCUT2D eigenvalue weighted by Crippen LogP contribution is 2.29. The van der Waals surface area contributed by atoms with Crippen molar-refractivity contribution < 1.29 is 14.7 Å². The van der Waals surface area contributed by atoms with Gasteiger partial charge in [-0.05, 0) is 32.3 Å². The molecular formula is C15H19NO3. The number of carboxylic acids is 1. The maximum absolute atomic E-state index is 12.3. The topological polar surface area (TPSA) is 57.6 Å². The highest BCUT2D eigenvalue weighted by molar-refractivity contribution is 5.88. The predicted octanol–water partition coefficient (Wildman–Crippen LogP) is 2.00. The minimum atomic E-state index is -1.04. The molecule has 1 aromatic carbocycles. The Kier molecular flexibility index (Phi) is 3.60. The van der Waals surface area contributed by atoms with Gasteiger partial charge < -0.3 is 10.0 Å². The van der Waals surface area contributed by atoms with Crippen LogP contribution in [0.1, 0.15) is 30.9 Å². The lowest BCUT2D eigenvalue weighted by molar-refractivity contribution is -0.155. The Bertz CT molecular complexity index is 512. The average molecular weight is 261 g/mol. The number of rotatable bonds is 3. The second-order valence-electron chi connectivity index (χ2n) is 5.39. The standard InChI is InChI=1S/C15H19NO3/c1-11-5-3-6-12(9-11)10-13(17)16-8-4-7-15(16,2)14(18)19/h3,5-6,9H,4,7-8,10H2,1-2H3,(H,18,19). The Morgan fingerprint density at radius 1 is 1.42 bits per heavy atom. The minimum Gasteiger partial charge on any atom is -0.480 e. The van der Waals surface area contributed by atoms with Gasteiger partial charge in [-0.3, -0.25) is 4.79 Å². The van der Waals surface area contributed by atoms with Crippen LogP contribution in [0, 0.1) is 6.92 Å². The summed E-state index contributed by atoms with van der Waals surface area (Å²) < 4.78 is 0. The number of carbonyl (C=O) groups is 2. The smallest absolute Gasteiger partial charge is 0.329 e. The van der Waals surface area contributed by atoms with Crippen LogP contribution in [0.15, 0.2) is 24.3 Å². The van der Waals surface area contributed by atoms with Crippen molar-refractivity contribution in [2.24, 2.45) is 0 Å². The van der Waals surface area contributed by atoms with Gasteiger partial charge in [0.15, 0.2) is 0 Å².